The molecule has 0 amide bonds. The van der Waals surface area contributed by atoms with Gasteiger partial charge in [0.05, 0.1) is 5.69 Å². The first-order valence-electron chi connectivity index (χ1n) is 5.56. The van der Waals surface area contributed by atoms with Crippen molar-refractivity contribution in [1.82, 2.24) is 4.98 Å². The average molecular weight is 302 g/mol. The van der Waals surface area contributed by atoms with Crippen molar-refractivity contribution < 1.29 is 4.79 Å². The predicted molar refractivity (Wildman–Crippen MR) is 76.9 cm³/mol. The lowest BCUT2D eigenvalue weighted by Gasteiger charge is -2.03. The van der Waals surface area contributed by atoms with Gasteiger partial charge in [-0.3, -0.25) is 9.78 Å². The lowest BCUT2D eigenvalue weighted by molar-refractivity contribution is -0.111. The van der Waals surface area contributed by atoms with E-state index in [0.717, 1.165) is 10.0 Å². The van der Waals surface area contributed by atoms with Crippen LogP contribution in [0.5, 0.6) is 0 Å². The molecule has 2 aromatic rings. The Hall–Kier alpha value is -1.74. The fourth-order valence-corrected chi connectivity index (χ4v) is 2.06. The zero-order chi connectivity index (χ0) is 13.0. The van der Waals surface area contributed by atoms with Gasteiger partial charge in [0.2, 0.25) is 0 Å². The molecule has 0 aliphatic heterocycles. The standard InChI is InChI=1S/C15H12BrNO/c1-11(18)14(15-7-2-3-8-17-15)10-12-5-4-6-13(16)9-12/h2-10H,1H3/b14-10-. The Morgan fingerprint density at radius 1 is 1.22 bits per heavy atom. The van der Waals surface area contributed by atoms with E-state index in [1.165, 1.54) is 0 Å². The average Bonchev–Trinajstić information content (AvgIpc) is 2.37. The second-order valence-corrected chi connectivity index (χ2v) is 4.80. The maximum atomic E-state index is 11.7. The van der Waals surface area contributed by atoms with Gasteiger partial charge in [-0.15, -0.1) is 0 Å². The summed E-state index contributed by atoms with van der Waals surface area (Å²) in [6, 6.07) is 13.4. The van der Waals surface area contributed by atoms with Gasteiger partial charge in [0, 0.05) is 16.2 Å². The second kappa shape index (κ2) is 5.74. The molecule has 1 heterocycles. The van der Waals surface area contributed by atoms with Crippen molar-refractivity contribution in [3.63, 3.8) is 0 Å². The van der Waals surface area contributed by atoms with Crippen LogP contribution in [0, 0.1) is 0 Å². The number of nitrogens with zero attached hydrogens (tertiary/aromatic N) is 1. The molecule has 0 spiro atoms. The first kappa shape index (κ1) is 12.7. The molecule has 1 aromatic carbocycles. The minimum Gasteiger partial charge on any atom is -0.294 e. The van der Waals surface area contributed by atoms with Crippen LogP contribution in [0.4, 0.5) is 0 Å². The van der Waals surface area contributed by atoms with Crippen LogP contribution in [-0.4, -0.2) is 10.8 Å². The highest BCUT2D eigenvalue weighted by Gasteiger charge is 2.08. The van der Waals surface area contributed by atoms with Gasteiger partial charge in [-0.2, -0.15) is 0 Å². The van der Waals surface area contributed by atoms with Crippen molar-refractivity contribution in [3.8, 4) is 0 Å². The Kier molecular flexibility index (Phi) is 4.05. The SMILES string of the molecule is CC(=O)/C(=C/c1cccc(Br)c1)c1ccccn1. The molecule has 0 radical (unpaired) electrons. The first-order chi connectivity index (χ1) is 8.66. The van der Waals surface area contributed by atoms with Gasteiger partial charge in [-0.25, -0.2) is 0 Å². The van der Waals surface area contributed by atoms with E-state index in [9.17, 15) is 4.79 Å². The molecular weight excluding hydrogens is 290 g/mol. The summed E-state index contributed by atoms with van der Waals surface area (Å²) in [5, 5.41) is 0. The molecule has 90 valence electrons. The van der Waals surface area contributed by atoms with Crippen LogP contribution in [0.25, 0.3) is 11.6 Å². The lowest BCUT2D eigenvalue weighted by atomic mass is 10.0. The molecule has 0 aliphatic rings. The molecule has 0 fully saturated rings. The minimum atomic E-state index is 0.00803. The first-order valence-corrected chi connectivity index (χ1v) is 6.36. The maximum absolute atomic E-state index is 11.7. The van der Waals surface area contributed by atoms with Crippen LogP contribution < -0.4 is 0 Å². The third-order valence-corrected chi connectivity index (χ3v) is 2.97. The number of aromatic nitrogens is 1. The summed E-state index contributed by atoms with van der Waals surface area (Å²) in [7, 11) is 0. The van der Waals surface area contributed by atoms with E-state index in [4.69, 9.17) is 0 Å². The van der Waals surface area contributed by atoms with Crippen molar-refractivity contribution in [2.75, 3.05) is 0 Å². The van der Waals surface area contributed by atoms with Crippen molar-refractivity contribution in [3.05, 3.63) is 64.4 Å². The van der Waals surface area contributed by atoms with Crippen molar-refractivity contribution in [2.45, 2.75) is 6.92 Å². The zero-order valence-electron chi connectivity index (χ0n) is 9.93. The van der Waals surface area contributed by atoms with Gasteiger partial charge in [0.1, 0.15) is 0 Å². The smallest absolute Gasteiger partial charge is 0.161 e. The minimum absolute atomic E-state index is 0.00803. The topological polar surface area (TPSA) is 30.0 Å². The Balaban J connectivity index is 2.46. The second-order valence-electron chi connectivity index (χ2n) is 3.88. The third-order valence-electron chi connectivity index (χ3n) is 2.48. The highest BCUT2D eigenvalue weighted by atomic mass is 79.9. The Labute approximate surface area is 115 Å². The van der Waals surface area contributed by atoms with Crippen molar-refractivity contribution in [1.29, 1.82) is 0 Å². The number of carbonyl (C=O) groups is 1. The molecule has 2 rings (SSSR count). The van der Waals surface area contributed by atoms with E-state index in [1.807, 2.05) is 48.5 Å². The highest BCUT2D eigenvalue weighted by molar-refractivity contribution is 9.10. The quantitative estimate of drug-likeness (QED) is 0.803. The number of halogens is 1. The fraction of sp³-hybridized carbons (Fsp3) is 0.0667. The van der Waals surface area contributed by atoms with E-state index in [-0.39, 0.29) is 5.78 Å². The molecule has 18 heavy (non-hydrogen) atoms. The monoisotopic (exact) mass is 301 g/mol. The molecule has 2 nitrogen and oxygen atoms in total. The molecular formula is C15H12BrNO. The summed E-state index contributed by atoms with van der Waals surface area (Å²) in [5.74, 6) is 0.00803. The summed E-state index contributed by atoms with van der Waals surface area (Å²) in [5.41, 5.74) is 2.29. The van der Waals surface area contributed by atoms with Gasteiger partial charge in [0.15, 0.2) is 5.78 Å². The molecule has 0 bridgehead atoms. The van der Waals surface area contributed by atoms with E-state index in [1.54, 1.807) is 13.1 Å². The number of Topliss-reactive ketones (excluding diaryl/α,β-unsaturated/α-hetero) is 1. The zero-order valence-corrected chi connectivity index (χ0v) is 11.5. The molecule has 3 heteroatoms. The van der Waals surface area contributed by atoms with E-state index in [2.05, 4.69) is 20.9 Å². The summed E-state index contributed by atoms with van der Waals surface area (Å²) in [4.78, 5) is 15.9. The normalized spacial score (nSPS) is 11.3. The number of carbonyl (C=O) groups excluding carboxylic acids is 1. The van der Waals surface area contributed by atoms with Crippen LogP contribution in [-0.2, 0) is 4.79 Å². The van der Waals surface area contributed by atoms with E-state index >= 15 is 0 Å². The molecule has 0 unspecified atom stereocenters. The van der Waals surface area contributed by atoms with E-state index < -0.39 is 0 Å². The summed E-state index contributed by atoms with van der Waals surface area (Å²) in [6.07, 6.45) is 3.54. The number of rotatable bonds is 3. The Morgan fingerprint density at radius 3 is 2.67 bits per heavy atom. The van der Waals surface area contributed by atoms with E-state index in [0.29, 0.717) is 11.3 Å². The van der Waals surface area contributed by atoms with Gasteiger partial charge in [-0.1, -0.05) is 34.1 Å². The number of pyridine rings is 1. The molecule has 0 aliphatic carbocycles. The number of hydrogen-bond donors (Lipinski definition) is 0. The van der Waals surface area contributed by atoms with Gasteiger partial charge in [0.25, 0.3) is 0 Å². The van der Waals surface area contributed by atoms with Crippen LogP contribution in [0.1, 0.15) is 18.2 Å². The maximum Gasteiger partial charge on any atom is 0.161 e. The van der Waals surface area contributed by atoms with Gasteiger partial charge in [-0.05, 0) is 42.8 Å². The van der Waals surface area contributed by atoms with Crippen LogP contribution in [0.15, 0.2) is 53.1 Å². The number of ketones is 1. The largest absolute Gasteiger partial charge is 0.294 e. The third kappa shape index (κ3) is 3.14. The summed E-state index contributed by atoms with van der Waals surface area (Å²) >= 11 is 3.42. The van der Waals surface area contributed by atoms with Gasteiger partial charge < -0.3 is 0 Å². The Morgan fingerprint density at radius 2 is 2.06 bits per heavy atom. The molecule has 0 saturated heterocycles. The van der Waals surface area contributed by atoms with Gasteiger partial charge >= 0.3 is 0 Å². The lowest BCUT2D eigenvalue weighted by Crippen LogP contribution is -1.98. The molecule has 0 atom stereocenters. The Bertz CT molecular complexity index is 590. The van der Waals surface area contributed by atoms with Crippen LogP contribution in [0.2, 0.25) is 0 Å². The summed E-state index contributed by atoms with van der Waals surface area (Å²) < 4.78 is 0.986. The number of benzene rings is 1. The van der Waals surface area contributed by atoms with Crippen molar-refractivity contribution in [2.24, 2.45) is 0 Å². The highest BCUT2D eigenvalue weighted by Crippen LogP contribution is 2.19. The van der Waals surface area contributed by atoms with Crippen LogP contribution in [0.3, 0.4) is 0 Å². The van der Waals surface area contributed by atoms with Crippen molar-refractivity contribution >= 4 is 33.4 Å². The molecule has 0 N–H and O–H groups in total. The predicted octanol–water partition coefficient (Wildman–Crippen LogP) is 3.97. The molecule has 1 aromatic heterocycles. The van der Waals surface area contributed by atoms with Crippen LogP contribution >= 0.6 is 15.9 Å². The molecule has 0 saturated carbocycles. The number of hydrogen-bond acceptors (Lipinski definition) is 2. The fourth-order valence-electron chi connectivity index (χ4n) is 1.64. The summed E-state index contributed by atoms with van der Waals surface area (Å²) in [6.45, 7) is 1.55. The number of allylic oxidation sites excluding steroid dienone is 1.